The number of imidazole rings is 1. The fraction of sp³-hybridized carbons (Fsp3) is 0.0667. The average Bonchev–Trinajstić information content (AvgIpc) is 2.80. The van der Waals surface area contributed by atoms with Crippen LogP contribution in [-0.4, -0.2) is 9.55 Å². The third kappa shape index (κ3) is 2.23. The molecule has 110 valence electrons. The van der Waals surface area contributed by atoms with Gasteiger partial charge in [0, 0.05) is 7.05 Å². The van der Waals surface area contributed by atoms with Crippen LogP contribution in [0.25, 0.3) is 11.0 Å². The summed E-state index contributed by atoms with van der Waals surface area (Å²) in [6.07, 6.45) is 0. The number of aromatic nitrogens is 2. The fourth-order valence-electron chi connectivity index (χ4n) is 2.28. The zero-order valence-electron chi connectivity index (χ0n) is 11.6. The first kappa shape index (κ1) is 14.5. The number of nitrogen functional groups attached to an aromatic ring is 1. The van der Waals surface area contributed by atoms with Crippen LogP contribution in [0.4, 0.5) is 17.3 Å². The molecule has 0 radical (unpaired) electrons. The highest BCUT2D eigenvalue weighted by molar-refractivity contribution is 6.39. The van der Waals surface area contributed by atoms with E-state index in [4.69, 9.17) is 28.9 Å². The predicted octanol–water partition coefficient (Wildman–Crippen LogP) is 4.08. The van der Waals surface area contributed by atoms with Crippen LogP contribution in [0, 0.1) is 11.3 Å². The number of hydrogen-bond donors (Lipinski definition) is 2. The molecule has 0 atom stereocenters. The molecule has 0 bridgehead atoms. The number of nitriles is 1. The molecule has 3 aromatic rings. The van der Waals surface area contributed by atoms with Gasteiger partial charge >= 0.3 is 0 Å². The molecule has 0 aliphatic carbocycles. The molecule has 0 amide bonds. The van der Waals surface area contributed by atoms with Gasteiger partial charge in [0.1, 0.15) is 11.6 Å². The lowest BCUT2D eigenvalue weighted by molar-refractivity contribution is 0.957. The molecule has 0 fully saturated rings. The smallest absolute Gasteiger partial charge is 0.208 e. The minimum absolute atomic E-state index is 0.394. The van der Waals surface area contributed by atoms with Crippen molar-refractivity contribution in [1.82, 2.24) is 9.55 Å². The Bertz CT molecular complexity index is 904. The van der Waals surface area contributed by atoms with Crippen LogP contribution in [0.2, 0.25) is 10.0 Å². The highest BCUT2D eigenvalue weighted by Gasteiger charge is 2.15. The first-order chi connectivity index (χ1) is 10.5. The Hall–Kier alpha value is -2.42. The summed E-state index contributed by atoms with van der Waals surface area (Å²) in [5, 5.41) is 13.4. The third-order valence-electron chi connectivity index (χ3n) is 3.38. The molecule has 0 unspecified atom stereocenters. The normalized spacial score (nSPS) is 10.6. The van der Waals surface area contributed by atoms with Crippen LogP contribution < -0.4 is 11.1 Å². The highest BCUT2D eigenvalue weighted by Crippen LogP contribution is 2.34. The Kier molecular flexibility index (Phi) is 3.57. The van der Waals surface area contributed by atoms with Gasteiger partial charge in [-0.05, 0) is 24.3 Å². The van der Waals surface area contributed by atoms with Crippen molar-refractivity contribution in [2.45, 2.75) is 0 Å². The van der Waals surface area contributed by atoms with E-state index in [1.807, 2.05) is 0 Å². The number of nitrogens with zero attached hydrogens (tertiary/aromatic N) is 3. The number of benzene rings is 2. The maximum absolute atomic E-state index is 9.29. The summed E-state index contributed by atoms with van der Waals surface area (Å²) >= 11 is 12.3. The largest absolute Gasteiger partial charge is 0.398 e. The minimum atomic E-state index is 0.394. The first-order valence-electron chi connectivity index (χ1n) is 6.39. The van der Waals surface area contributed by atoms with Gasteiger partial charge in [-0.2, -0.15) is 5.26 Å². The zero-order valence-corrected chi connectivity index (χ0v) is 13.1. The molecule has 0 spiro atoms. The first-order valence-corrected chi connectivity index (χ1v) is 7.14. The van der Waals surface area contributed by atoms with Crippen LogP contribution in [0.15, 0.2) is 30.3 Å². The Labute approximate surface area is 136 Å². The van der Waals surface area contributed by atoms with Crippen molar-refractivity contribution in [3.63, 3.8) is 0 Å². The van der Waals surface area contributed by atoms with Crippen molar-refractivity contribution in [1.29, 1.82) is 5.26 Å². The van der Waals surface area contributed by atoms with E-state index < -0.39 is 0 Å². The van der Waals surface area contributed by atoms with Crippen molar-refractivity contribution in [3.8, 4) is 6.07 Å². The van der Waals surface area contributed by atoms with Crippen molar-refractivity contribution in [2.75, 3.05) is 11.1 Å². The van der Waals surface area contributed by atoms with Crippen molar-refractivity contribution < 1.29 is 0 Å². The van der Waals surface area contributed by atoms with Gasteiger partial charge in [-0.1, -0.05) is 29.3 Å². The SMILES string of the molecule is Cn1c(Nc2c(Cl)cccc2Cl)nc2ccc(N)c(C#N)c21. The van der Waals surface area contributed by atoms with Gasteiger partial charge in [-0.3, -0.25) is 0 Å². The predicted molar refractivity (Wildman–Crippen MR) is 89.6 cm³/mol. The number of fused-ring (bicyclic) bond motifs is 1. The van der Waals surface area contributed by atoms with E-state index in [-0.39, 0.29) is 0 Å². The second kappa shape index (κ2) is 5.41. The summed E-state index contributed by atoms with van der Waals surface area (Å²) < 4.78 is 1.75. The molecule has 0 aliphatic rings. The summed E-state index contributed by atoms with van der Waals surface area (Å²) in [4.78, 5) is 4.47. The number of nitrogens with one attached hydrogen (secondary N) is 1. The second-order valence-corrected chi connectivity index (χ2v) is 5.54. The summed E-state index contributed by atoms with van der Waals surface area (Å²) in [6, 6.07) is 10.8. The molecular formula is C15H11Cl2N5. The topological polar surface area (TPSA) is 79.7 Å². The van der Waals surface area contributed by atoms with E-state index in [2.05, 4.69) is 16.4 Å². The summed E-state index contributed by atoms with van der Waals surface area (Å²) in [6.45, 7) is 0. The van der Waals surface area contributed by atoms with E-state index in [0.717, 1.165) is 0 Å². The minimum Gasteiger partial charge on any atom is -0.398 e. The molecule has 22 heavy (non-hydrogen) atoms. The van der Waals surface area contributed by atoms with Gasteiger partial charge in [-0.15, -0.1) is 0 Å². The second-order valence-electron chi connectivity index (χ2n) is 4.73. The quantitative estimate of drug-likeness (QED) is 0.693. The number of nitrogens with two attached hydrogens (primary N) is 1. The molecule has 1 heterocycles. The summed E-state index contributed by atoms with van der Waals surface area (Å²) in [5.74, 6) is 0.520. The maximum Gasteiger partial charge on any atom is 0.208 e. The Morgan fingerprint density at radius 3 is 2.55 bits per heavy atom. The lowest BCUT2D eigenvalue weighted by atomic mass is 10.1. The summed E-state index contributed by atoms with van der Waals surface area (Å²) in [7, 11) is 1.79. The molecule has 0 saturated heterocycles. The molecule has 0 aliphatic heterocycles. The van der Waals surface area contributed by atoms with E-state index in [0.29, 0.717) is 44.0 Å². The summed E-state index contributed by atoms with van der Waals surface area (Å²) in [5.41, 5.74) is 8.55. The van der Waals surface area contributed by atoms with Gasteiger partial charge < -0.3 is 15.6 Å². The Balaban J connectivity index is 2.18. The van der Waals surface area contributed by atoms with E-state index in [1.54, 1.807) is 41.9 Å². The lowest BCUT2D eigenvalue weighted by Gasteiger charge is -2.10. The van der Waals surface area contributed by atoms with Gasteiger partial charge in [0.2, 0.25) is 5.95 Å². The molecule has 3 rings (SSSR count). The molecule has 5 nitrogen and oxygen atoms in total. The van der Waals surface area contributed by atoms with Gasteiger partial charge in [-0.25, -0.2) is 4.98 Å². The lowest BCUT2D eigenvalue weighted by Crippen LogP contribution is -2.01. The Morgan fingerprint density at radius 1 is 1.23 bits per heavy atom. The van der Waals surface area contributed by atoms with Crippen molar-refractivity contribution >= 4 is 51.6 Å². The van der Waals surface area contributed by atoms with E-state index in [1.165, 1.54) is 0 Å². The average molecular weight is 332 g/mol. The van der Waals surface area contributed by atoms with Crippen LogP contribution in [0.1, 0.15) is 5.56 Å². The molecular weight excluding hydrogens is 321 g/mol. The molecule has 7 heteroatoms. The van der Waals surface area contributed by atoms with E-state index in [9.17, 15) is 5.26 Å². The van der Waals surface area contributed by atoms with Crippen molar-refractivity contribution in [3.05, 3.63) is 45.9 Å². The van der Waals surface area contributed by atoms with Crippen LogP contribution in [0.5, 0.6) is 0 Å². The molecule has 3 N–H and O–H groups in total. The molecule has 1 aromatic heterocycles. The van der Waals surface area contributed by atoms with Crippen LogP contribution in [-0.2, 0) is 7.05 Å². The monoisotopic (exact) mass is 331 g/mol. The molecule has 2 aromatic carbocycles. The number of aryl methyl sites for hydroxylation is 1. The van der Waals surface area contributed by atoms with Crippen molar-refractivity contribution in [2.24, 2.45) is 7.05 Å². The van der Waals surface area contributed by atoms with Crippen LogP contribution in [0.3, 0.4) is 0 Å². The van der Waals surface area contributed by atoms with Gasteiger partial charge in [0.05, 0.1) is 32.5 Å². The number of para-hydroxylation sites is 1. The molecule has 0 saturated carbocycles. The number of rotatable bonds is 2. The number of hydrogen-bond acceptors (Lipinski definition) is 4. The number of halogens is 2. The highest BCUT2D eigenvalue weighted by atomic mass is 35.5. The number of anilines is 3. The van der Waals surface area contributed by atoms with Gasteiger partial charge in [0.25, 0.3) is 0 Å². The van der Waals surface area contributed by atoms with E-state index >= 15 is 0 Å². The standard InChI is InChI=1S/C15H11Cl2N5/c1-22-14-8(7-18)11(19)5-6-12(14)20-15(22)21-13-9(16)3-2-4-10(13)17/h2-6H,19H2,1H3,(H,20,21). The zero-order chi connectivity index (χ0) is 15.9. The Morgan fingerprint density at radius 2 is 1.91 bits per heavy atom. The maximum atomic E-state index is 9.29. The third-order valence-corrected chi connectivity index (χ3v) is 4.01. The van der Waals surface area contributed by atoms with Gasteiger partial charge in [0.15, 0.2) is 0 Å². The fourth-order valence-corrected chi connectivity index (χ4v) is 2.77. The van der Waals surface area contributed by atoms with Crippen LogP contribution >= 0.6 is 23.2 Å².